The van der Waals surface area contributed by atoms with Gasteiger partial charge in [-0.25, -0.2) is 18.4 Å². The summed E-state index contributed by atoms with van der Waals surface area (Å²) in [7, 11) is -3.33. The summed E-state index contributed by atoms with van der Waals surface area (Å²) in [6, 6.07) is 15.3. The summed E-state index contributed by atoms with van der Waals surface area (Å²) in [6.45, 7) is 3.72. The first kappa shape index (κ1) is 22.7. The molecule has 5 rings (SSSR count). The molecule has 176 valence electrons. The van der Waals surface area contributed by atoms with E-state index in [0.717, 1.165) is 35.3 Å². The van der Waals surface area contributed by atoms with E-state index in [4.69, 9.17) is 0 Å². The minimum absolute atomic E-state index is 0.0408. The number of thiophene rings is 1. The SMILES string of the molecule is Cc1nc(N2CCCC(C(=O)NCc3cc4ccccc4s3)C2)nc2cc(S(C)(=O)=O)ccc12. The number of anilines is 1. The van der Waals surface area contributed by atoms with Gasteiger partial charge in [0, 0.05) is 34.3 Å². The minimum atomic E-state index is -3.33. The quantitative estimate of drug-likeness (QED) is 0.449. The number of amides is 1. The summed E-state index contributed by atoms with van der Waals surface area (Å²) < 4.78 is 25.2. The van der Waals surface area contributed by atoms with Crippen molar-refractivity contribution in [2.24, 2.45) is 5.92 Å². The number of piperidine rings is 1. The number of rotatable bonds is 5. The van der Waals surface area contributed by atoms with Gasteiger partial charge in [0.15, 0.2) is 9.84 Å². The Morgan fingerprint density at radius 1 is 1.18 bits per heavy atom. The summed E-state index contributed by atoms with van der Waals surface area (Å²) in [5.41, 5.74) is 1.39. The molecule has 1 unspecified atom stereocenters. The molecular formula is C25H26N4O3S2. The number of hydrogen-bond acceptors (Lipinski definition) is 7. The first-order chi connectivity index (χ1) is 16.3. The second-order valence-electron chi connectivity index (χ2n) is 8.81. The van der Waals surface area contributed by atoms with E-state index in [1.807, 2.05) is 24.0 Å². The van der Waals surface area contributed by atoms with Crippen LogP contribution in [-0.4, -0.2) is 43.6 Å². The molecule has 1 aliphatic rings. The highest BCUT2D eigenvalue weighted by atomic mass is 32.2. The Hall–Kier alpha value is -3.04. The Balaban J connectivity index is 1.31. The fourth-order valence-electron chi connectivity index (χ4n) is 4.44. The van der Waals surface area contributed by atoms with E-state index in [1.54, 1.807) is 29.5 Å². The number of aryl methyl sites for hydroxylation is 1. The van der Waals surface area contributed by atoms with E-state index in [2.05, 4.69) is 33.5 Å². The molecule has 1 atom stereocenters. The molecule has 2 aromatic carbocycles. The lowest BCUT2D eigenvalue weighted by molar-refractivity contribution is -0.125. The maximum absolute atomic E-state index is 13.0. The number of carbonyl (C=O) groups excluding carboxylic acids is 1. The van der Waals surface area contributed by atoms with Crippen molar-refractivity contribution in [1.82, 2.24) is 15.3 Å². The molecule has 0 aliphatic carbocycles. The van der Waals surface area contributed by atoms with Crippen LogP contribution in [0.3, 0.4) is 0 Å². The van der Waals surface area contributed by atoms with Crippen LogP contribution in [0.25, 0.3) is 21.0 Å². The zero-order valence-electron chi connectivity index (χ0n) is 19.1. The van der Waals surface area contributed by atoms with Crippen LogP contribution in [0.4, 0.5) is 5.95 Å². The highest BCUT2D eigenvalue weighted by Gasteiger charge is 2.27. The van der Waals surface area contributed by atoms with Crippen molar-refractivity contribution >= 4 is 54.0 Å². The van der Waals surface area contributed by atoms with Crippen LogP contribution in [0, 0.1) is 12.8 Å². The van der Waals surface area contributed by atoms with E-state index >= 15 is 0 Å². The highest BCUT2D eigenvalue weighted by Crippen LogP contribution is 2.27. The Morgan fingerprint density at radius 2 is 2.00 bits per heavy atom. The third-order valence-electron chi connectivity index (χ3n) is 6.26. The average molecular weight is 495 g/mol. The van der Waals surface area contributed by atoms with Gasteiger partial charge in [0.05, 0.1) is 28.6 Å². The molecular weight excluding hydrogens is 468 g/mol. The largest absolute Gasteiger partial charge is 0.351 e. The summed E-state index contributed by atoms with van der Waals surface area (Å²) in [5.74, 6) is 0.432. The molecule has 34 heavy (non-hydrogen) atoms. The number of sulfone groups is 1. The van der Waals surface area contributed by atoms with E-state index < -0.39 is 9.84 Å². The molecule has 1 fully saturated rings. The van der Waals surface area contributed by atoms with Crippen molar-refractivity contribution in [2.75, 3.05) is 24.2 Å². The van der Waals surface area contributed by atoms with Gasteiger partial charge in [0.25, 0.3) is 0 Å². The standard InChI is InChI=1S/C25H26N4O3S2/c1-16-21-10-9-20(34(2,31)32)13-22(21)28-25(27-16)29-11-5-7-18(15-29)24(30)26-14-19-12-17-6-3-4-8-23(17)33-19/h3-4,6,8-10,12-13,18H,5,7,11,14-15H2,1-2H3,(H,26,30). The summed E-state index contributed by atoms with van der Waals surface area (Å²) in [4.78, 5) is 25.7. The first-order valence-electron chi connectivity index (χ1n) is 11.3. The lowest BCUT2D eigenvalue weighted by Crippen LogP contribution is -2.43. The Labute approximate surface area is 202 Å². The second-order valence-corrected chi connectivity index (χ2v) is 12.0. The van der Waals surface area contributed by atoms with Gasteiger partial charge in [0.2, 0.25) is 11.9 Å². The molecule has 0 saturated carbocycles. The zero-order valence-corrected chi connectivity index (χ0v) is 20.7. The van der Waals surface area contributed by atoms with Crippen LogP contribution in [-0.2, 0) is 21.2 Å². The molecule has 0 spiro atoms. The summed E-state index contributed by atoms with van der Waals surface area (Å²) >= 11 is 1.70. The normalized spacial score (nSPS) is 16.8. The number of aromatic nitrogens is 2. The third-order valence-corrected chi connectivity index (χ3v) is 8.49. The van der Waals surface area contributed by atoms with Gasteiger partial charge in [-0.05, 0) is 55.5 Å². The van der Waals surface area contributed by atoms with Crippen LogP contribution in [0.5, 0.6) is 0 Å². The molecule has 0 radical (unpaired) electrons. The van der Waals surface area contributed by atoms with Crippen LogP contribution in [0.1, 0.15) is 23.4 Å². The number of nitrogens with one attached hydrogen (secondary N) is 1. The van der Waals surface area contributed by atoms with Crippen molar-refractivity contribution < 1.29 is 13.2 Å². The first-order valence-corrected chi connectivity index (χ1v) is 14.0. The minimum Gasteiger partial charge on any atom is -0.351 e. The third kappa shape index (κ3) is 4.63. The van der Waals surface area contributed by atoms with Crippen molar-refractivity contribution in [3.8, 4) is 0 Å². The maximum Gasteiger partial charge on any atom is 0.226 e. The molecule has 1 aliphatic heterocycles. The second kappa shape index (κ2) is 8.96. The number of benzene rings is 2. The van der Waals surface area contributed by atoms with Crippen molar-refractivity contribution in [1.29, 1.82) is 0 Å². The fourth-order valence-corrected chi connectivity index (χ4v) is 6.09. The molecule has 0 bridgehead atoms. The van der Waals surface area contributed by atoms with Gasteiger partial charge >= 0.3 is 0 Å². The Bertz CT molecular complexity index is 1460. The molecule has 7 nitrogen and oxygen atoms in total. The molecule has 1 N–H and O–H groups in total. The topological polar surface area (TPSA) is 92.3 Å². The maximum atomic E-state index is 13.0. The van der Waals surface area contributed by atoms with Gasteiger partial charge in [-0.1, -0.05) is 18.2 Å². The fraction of sp³-hybridized carbons (Fsp3) is 0.320. The van der Waals surface area contributed by atoms with Gasteiger partial charge in [-0.15, -0.1) is 11.3 Å². The van der Waals surface area contributed by atoms with Crippen LogP contribution in [0.15, 0.2) is 53.4 Å². The summed E-state index contributed by atoms with van der Waals surface area (Å²) in [6.07, 6.45) is 2.88. The number of fused-ring (bicyclic) bond motifs is 2. The van der Waals surface area contributed by atoms with Crippen LogP contribution < -0.4 is 10.2 Å². The van der Waals surface area contributed by atoms with Gasteiger partial charge < -0.3 is 10.2 Å². The van der Waals surface area contributed by atoms with E-state index in [-0.39, 0.29) is 16.7 Å². The average Bonchev–Trinajstić information content (AvgIpc) is 3.25. The molecule has 4 aromatic rings. The van der Waals surface area contributed by atoms with Gasteiger partial charge in [-0.2, -0.15) is 0 Å². The van der Waals surface area contributed by atoms with E-state index in [1.165, 1.54) is 16.3 Å². The van der Waals surface area contributed by atoms with E-state index in [0.29, 0.717) is 24.6 Å². The van der Waals surface area contributed by atoms with Crippen molar-refractivity contribution in [3.05, 3.63) is 59.1 Å². The van der Waals surface area contributed by atoms with E-state index in [9.17, 15) is 13.2 Å². The number of nitrogens with zero attached hydrogens (tertiary/aromatic N) is 3. The smallest absolute Gasteiger partial charge is 0.226 e. The number of hydrogen-bond donors (Lipinski definition) is 1. The Kier molecular flexibility index (Phi) is 5.99. The molecule has 1 saturated heterocycles. The molecule has 9 heteroatoms. The van der Waals surface area contributed by atoms with Gasteiger partial charge in [0.1, 0.15) is 0 Å². The summed E-state index contributed by atoms with van der Waals surface area (Å²) in [5, 5.41) is 5.13. The van der Waals surface area contributed by atoms with Crippen LogP contribution in [0.2, 0.25) is 0 Å². The van der Waals surface area contributed by atoms with Gasteiger partial charge in [-0.3, -0.25) is 4.79 Å². The lowest BCUT2D eigenvalue weighted by Gasteiger charge is -2.32. The van der Waals surface area contributed by atoms with Crippen molar-refractivity contribution in [2.45, 2.75) is 31.2 Å². The predicted molar refractivity (Wildman–Crippen MR) is 136 cm³/mol. The highest BCUT2D eigenvalue weighted by molar-refractivity contribution is 7.90. The molecule has 3 heterocycles. The molecule has 1 amide bonds. The van der Waals surface area contributed by atoms with Crippen molar-refractivity contribution in [3.63, 3.8) is 0 Å². The predicted octanol–water partition coefficient (Wildman–Crippen LogP) is 4.09. The zero-order chi connectivity index (χ0) is 23.9. The monoisotopic (exact) mass is 494 g/mol. The lowest BCUT2D eigenvalue weighted by atomic mass is 9.97. The Morgan fingerprint density at radius 3 is 2.79 bits per heavy atom. The molecule has 2 aromatic heterocycles. The number of carbonyl (C=O) groups is 1. The van der Waals surface area contributed by atoms with Crippen LogP contribution >= 0.6 is 11.3 Å².